The quantitative estimate of drug-likeness (QED) is 0.0453. The number of ether oxygens (including phenoxy) is 4. The van der Waals surface area contributed by atoms with E-state index < -0.39 is 17.0 Å². The highest BCUT2D eigenvalue weighted by molar-refractivity contribution is 5.59. The van der Waals surface area contributed by atoms with Crippen LogP contribution in [0.3, 0.4) is 0 Å². The van der Waals surface area contributed by atoms with Crippen LogP contribution in [0.1, 0.15) is 158 Å². The molecule has 2 heterocycles. The van der Waals surface area contributed by atoms with Crippen LogP contribution < -0.4 is 14.4 Å². The lowest BCUT2D eigenvalue weighted by molar-refractivity contribution is -0.281. The predicted octanol–water partition coefficient (Wildman–Crippen LogP) is 13.0. The summed E-state index contributed by atoms with van der Waals surface area (Å²) in [6.45, 7) is 14.7. The average Bonchev–Trinajstić information content (AvgIpc) is 3.55. The van der Waals surface area contributed by atoms with Crippen LogP contribution in [0, 0.1) is 0 Å². The predicted molar refractivity (Wildman–Crippen MR) is 221 cm³/mol. The Morgan fingerprint density at radius 1 is 0.509 bits per heavy atom. The third kappa shape index (κ3) is 9.94. The fourth-order valence-corrected chi connectivity index (χ4v) is 8.17. The van der Waals surface area contributed by atoms with Gasteiger partial charge >= 0.3 is 0 Å². The largest absolute Gasteiger partial charge is 0.494 e. The molecule has 0 aromatic heterocycles. The Balaban J connectivity index is 1.15. The van der Waals surface area contributed by atoms with Gasteiger partial charge in [0, 0.05) is 5.56 Å². The van der Waals surface area contributed by atoms with Crippen molar-refractivity contribution in [3.8, 4) is 17.2 Å². The van der Waals surface area contributed by atoms with Crippen molar-refractivity contribution in [3.05, 3.63) is 124 Å². The Bertz CT molecular complexity index is 1790. The lowest BCUT2D eigenvalue weighted by Crippen LogP contribution is -2.33. The number of unbranched alkanes of at least 4 members (excludes halogenated alkanes) is 10. The van der Waals surface area contributed by atoms with Gasteiger partial charge in [0.2, 0.25) is 5.79 Å². The minimum absolute atomic E-state index is 0.283. The second-order valence-electron chi connectivity index (χ2n) is 16.4. The van der Waals surface area contributed by atoms with Crippen molar-refractivity contribution in [1.29, 1.82) is 0 Å². The Labute approximate surface area is 330 Å². The minimum Gasteiger partial charge on any atom is -0.494 e. The van der Waals surface area contributed by atoms with Crippen LogP contribution >= 0.6 is 0 Å². The first-order chi connectivity index (χ1) is 26.7. The van der Waals surface area contributed by atoms with Gasteiger partial charge in [-0.1, -0.05) is 133 Å². The molecular formula is C49H64O6. The first kappa shape index (κ1) is 40.8. The SMILES string of the molecule is CCCCCCCCOc1ccc(COOc2cccc3c2C2(OC(C)(C)c4cccc(Cc5ccc(OCCCCCCCC)cc5)c42)OC3(C)C)cc1. The zero-order valence-electron chi connectivity index (χ0n) is 34.3. The van der Waals surface area contributed by atoms with Crippen molar-refractivity contribution in [3.63, 3.8) is 0 Å². The summed E-state index contributed by atoms with van der Waals surface area (Å²) in [5.74, 6) is 1.21. The second-order valence-corrected chi connectivity index (χ2v) is 16.4. The molecule has 0 aliphatic carbocycles. The molecule has 296 valence electrons. The normalized spacial score (nSPS) is 17.6. The molecule has 2 aliphatic heterocycles. The van der Waals surface area contributed by atoms with Gasteiger partial charge in [-0.05, 0) is 105 Å². The van der Waals surface area contributed by atoms with E-state index in [0.717, 1.165) is 77.4 Å². The summed E-state index contributed by atoms with van der Waals surface area (Å²) < 4.78 is 26.3. The van der Waals surface area contributed by atoms with Crippen molar-refractivity contribution in [2.24, 2.45) is 0 Å². The summed E-state index contributed by atoms with van der Waals surface area (Å²) in [5, 5.41) is 0. The fourth-order valence-electron chi connectivity index (χ4n) is 8.17. The zero-order chi connectivity index (χ0) is 38.7. The van der Waals surface area contributed by atoms with E-state index in [9.17, 15) is 0 Å². The summed E-state index contributed by atoms with van der Waals surface area (Å²) in [7, 11) is 0. The molecule has 0 amide bonds. The number of hydrogen-bond donors (Lipinski definition) is 0. The minimum atomic E-state index is -1.18. The van der Waals surface area contributed by atoms with Crippen molar-refractivity contribution in [1.82, 2.24) is 0 Å². The Morgan fingerprint density at radius 3 is 1.56 bits per heavy atom. The molecule has 1 atom stereocenters. The van der Waals surface area contributed by atoms with Crippen LogP contribution in [0.2, 0.25) is 0 Å². The third-order valence-electron chi connectivity index (χ3n) is 11.1. The van der Waals surface area contributed by atoms with Gasteiger partial charge in [0.25, 0.3) is 0 Å². The monoisotopic (exact) mass is 748 g/mol. The molecule has 6 nitrogen and oxygen atoms in total. The molecule has 6 rings (SSSR count). The summed E-state index contributed by atoms with van der Waals surface area (Å²) in [6.07, 6.45) is 15.7. The van der Waals surface area contributed by atoms with E-state index in [0.29, 0.717) is 5.75 Å². The second kappa shape index (κ2) is 18.9. The van der Waals surface area contributed by atoms with E-state index in [1.807, 2.05) is 36.4 Å². The highest BCUT2D eigenvalue weighted by Crippen LogP contribution is 2.62. The van der Waals surface area contributed by atoms with Gasteiger partial charge in [-0.15, -0.1) is 0 Å². The topological polar surface area (TPSA) is 55.4 Å². The number of fused-ring (bicyclic) bond motifs is 4. The molecule has 6 heteroatoms. The maximum absolute atomic E-state index is 7.10. The molecule has 1 spiro atoms. The third-order valence-corrected chi connectivity index (χ3v) is 11.1. The summed E-state index contributed by atoms with van der Waals surface area (Å²) in [6, 6.07) is 29.2. The highest BCUT2D eigenvalue weighted by atomic mass is 17.2. The van der Waals surface area contributed by atoms with Crippen LogP contribution in [-0.4, -0.2) is 13.2 Å². The Morgan fingerprint density at radius 2 is 1.00 bits per heavy atom. The smallest absolute Gasteiger partial charge is 0.228 e. The number of hydrogen-bond acceptors (Lipinski definition) is 6. The van der Waals surface area contributed by atoms with Gasteiger partial charge < -0.3 is 23.8 Å². The highest BCUT2D eigenvalue weighted by Gasteiger charge is 2.61. The van der Waals surface area contributed by atoms with Gasteiger partial charge in [-0.25, -0.2) is 0 Å². The van der Waals surface area contributed by atoms with E-state index in [-0.39, 0.29) is 6.61 Å². The molecule has 0 saturated carbocycles. The van der Waals surface area contributed by atoms with Crippen molar-refractivity contribution in [2.45, 2.75) is 149 Å². The molecule has 0 bridgehead atoms. The van der Waals surface area contributed by atoms with E-state index >= 15 is 0 Å². The van der Waals surface area contributed by atoms with Crippen molar-refractivity contribution in [2.75, 3.05) is 13.2 Å². The molecule has 4 aromatic rings. The summed E-state index contributed by atoms with van der Waals surface area (Å²) in [5.41, 5.74) is 6.14. The van der Waals surface area contributed by atoms with E-state index in [1.165, 1.54) is 69.8 Å². The van der Waals surface area contributed by atoms with E-state index in [1.54, 1.807) is 0 Å². The zero-order valence-corrected chi connectivity index (χ0v) is 34.3. The first-order valence-electron chi connectivity index (χ1n) is 21.1. The molecule has 0 N–H and O–H groups in total. The van der Waals surface area contributed by atoms with Gasteiger partial charge in [-0.2, -0.15) is 4.89 Å². The first-order valence-corrected chi connectivity index (χ1v) is 21.1. The molecule has 0 radical (unpaired) electrons. The molecule has 2 aliphatic rings. The average molecular weight is 749 g/mol. The van der Waals surface area contributed by atoms with Crippen LogP contribution in [0.15, 0.2) is 84.9 Å². The molecule has 55 heavy (non-hydrogen) atoms. The maximum atomic E-state index is 7.10. The van der Waals surface area contributed by atoms with Gasteiger partial charge in [0.05, 0.1) is 30.0 Å². The number of rotatable bonds is 22. The van der Waals surface area contributed by atoms with Crippen molar-refractivity contribution < 1.29 is 28.7 Å². The summed E-state index contributed by atoms with van der Waals surface area (Å²) in [4.78, 5) is 12.2. The lowest BCUT2D eigenvalue weighted by atomic mass is 9.84. The molecule has 4 aromatic carbocycles. The van der Waals surface area contributed by atoms with Gasteiger partial charge in [-0.3, -0.25) is 0 Å². The van der Waals surface area contributed by atoms with E-state index in [4.69, 9.17) is 28.7 Å². The standard InChI is InChI=1S/C49H64O6/c1-7-9-11-13-15-17-33-50-40-29-25-37(26-30-40)35-39-21-19-22-42-45(39)49(54-47(42,3)4)46-43(48(5,6)55-49)23-20-24-44(46)53-52-36-38-27-31-41(32-28-38)51-34-18-16-14-12-10-8-2/h19-32H,7-18,33-36H2,1-6H3. The lowest BCUT2D eigenvalue weighted by Gasteiger charge is -2.32. The Hall–Kier alpha value is -3.84. The molecule has 1 unspecified atom stereocenters. The summed E-state index contributed by atoms with van der Waals surface area (Å²) >= 11 is 0. The van der Waals surface area contributed by atoms with E-state index in [2.05, 4.69) is 90.1 Å². The Kier molecular flexibility index (Phi) is 14.0. The number of benzene rings is 4. The molecule has 0 saturated heterocycles. The van der Waals surface area contributed by atoms with Crippen LogP contribution in [0.25, 0.3) is 0 Å². The van der Waals surface area contributed by atoms with Gasteiger partial charge in [0.1, 0.15) is 18.1 Å². The van der Waals surface area contributed by atoms with Crippen LogP contribution in [0.4, 0.5) is 0 Å². The van der Waals surface area contributed by atoms with Crippen molar-refractivity contribution >= 4 is 0 Å². The molecule has 0 fully saturated rings. The van der Waals surface area contributed by atoms with Gasteiger partial charge in [0.15, 0.2) is 5.75 Å². The van der Waals surface area contributed by atoms with Crippen LogP contribution in [0.5, 0.6) is 17.2 Å². The fraction of sp³-hybridized carbons (Fsp3) is 0.510. The van der Waals surface area contributed by atoms with Crippen LogP contribution in [-0.2, 0) is 44.4 Å². The molecular weight excluding hydrogens is 685 g/mol. The maximum Gasteiger partial charge on any atom is 0.228 e.